The highest BCUT2D eigenvalue weighted by Gasteiger charge is 2.25. The van der Waals surface area contributed by atoms with E-state index in [2.05, 4.69) is 27.3 Å². The molecule has 2 saturated heterocycles. The Morgan fingerprint density at radius 3 is 3.05 bits per heavy atom. The van der Waals surface area contributed by atoms with Crippen molar-refractivity contribution in [3.8, 4) is 0 Å². The minimum atomic E-state index is 0.440. The molecule has 2 atom stereocenters. The van der Waals surface area contributed by atoms with E-state index in [0.29, 0.717) is 12.0 Å². The van der Waals surface area contributed by atoms with E-state index >= 15 is 0 Å². The van der Waals surface area contributed by atoms with Crippen LogP contribution >= 0.6 is 0 Å². The highest BCUT2D eigenvalue weighted by molar-refractivity contribution is 4.99. The molecule has 0 spiro atoms. The Morgan fingerprint density at radius 2 is 2.25 bits per heavy atom. The van der Waals surface area contributed by atoms with Crippen LogP contribution in [0.1, 0.15) is 56.7 Å². The van der Waals surface area contributed by atoms with Crippen molar-refractivity contribution in [2.24, 2.45) is 0 Å². The molecule has 1 N–H and O–H groups in total. The van der Waals surface area contributed by atoms with Gasteiger partial charge in [0.1, 0.15) is 0 Å². The van der Waals surface area contributed by atoms with Gasteiger partial charge >= 0.3 is 0 Å². The fourth-order valence-corrected chi connectivity index (χ4v) is 3.50. The fraction of sp³-hybridized carbons (Fsp3) is 0.867. The minimum absolute atomic E-state index is 0.440. The first-order chi connectivity index (χ1) is 9.86. The predicted octanol–water partition coefficient (Wildman–Crippen LogP) is 1.95. The lowest BCUT2D eigenvalue weighted by Crippen LogP contribution is -2.40. The summed E-state index contributed by atoms with van der Waals surface area (Å²) in [6.07, 6.45) is 7.22. The smallest absolute Gasteiger partial charge is 0.228 e. The van der Waals surface area contributed by atoms with Gasteiger partial charge in [0.2, 0.25) is 5.89 Å². The summed E-state index contributed by atoms with van der Waals surface area (Å²) in [7, 11) is 0. The zero-order valence-electron chi connectivity index (χ0n) is 12.5. The summed E-state index contributed by atoms with van der Waals surface area (Å²) in [4.78, 5) is 7.20. The number of likely N-dealkylation sites (tertiary alicyclic amines) is 1. The van der Waals surface area contributed by atoms with E-state index in [1.54, 1.807) is 0 Å². The van der Waals surface area contributed by atoms with Gasteiger partial charge in [0, 0.05) is 24.9 Å². The van der Waals surface area contributed by atoms with Gasteiger partial charge in [-0.05, 0) is 45.3 Å². The van der Waals surface area contributed by atoms with Gasteiger partial charge in [-0.2, -0.15) is 4.98 Å². The molecule has 2 unspecified atom stereocenters. The van der Waals surface area contributed by atoms with Crippen LogP contribution in [0.25, 0.3) is 0 Å². The molecule has 0 saturated carbocycles. The van der Waals surface area contributed by atoms with Crippen molar-refractivity contribution in [1.29, 1.82) is 0 Å². The second-order valence-corrected chi connectivity index (χ2v) is 6.07. The first-order valence-corrected chi connectivity index (χ1v) is 8.14. The zero-order chi connectivity index (χ0) is 13.8. The van der Waals surface area contributed by atoms with E-state index in [1.165, 1.54) is 38.6 Å². The standard InChI is InChI=1S/C15H26N4O/c1-2-19-9-4-3-7-13(19)10-14-17-15(18-20-14)12-6-5-8-16-11-12/h12-13,16H,2-11H2,1H3. The second kappa shape index (κ2) is 6.68. The molecule has 5 nitrogen and oxygen atoms in total. The van der Waals surface area contributed by atoms with E-state index in [-0.39, 0.29) is 0 Å². The Kier molecular flexibility index (Phi) is 4.68. The van der Waals surface area contributed by atoms with E-state index in [1.807, 2.05) is 0 Å². The normalized spacial score (nSPS) is 28.6. The molecule has 0 aromatic carbocycles. The van der Waals surface area contributed by atoms with Crippen LogP contribution in [0.15, 0.2) is 4.52 Å². The molecule has 1 aromatic heterocycles. The van der Waals surface area contributed by atoms with Crippen LogP contribution in [-0.2, 0) is 6.42 Å². The maximum atomic E-state index is 5.50. The molecule has 0 bridgehead atoms. The highest BCUT2D eigenvalue weighted by Crippen LogP contribution is 2.23. The van der Waals surface area contributed by atoms with Crippen LogP contribution in [0, 0.1) is 0 Å². The fourth-order valence-electron chi connectivity index (χ4n) is 3.50. The number of hydrogen-bond acceptors (Lipinski definition) is 5. The molecular weight excluding hydrogens is 252 g/mol. The Bertz CT molecular complexity index is 414. The van der Waals surface area contributed by atoms with Crippen molar-refractivity contribution >= 4 is 0 Å². The van der Waals surface area contributed by atoms with Crippen LogP contribution in [0.4, 0.5) is 0 Å². The predicted molar refractivity (Wildman–Crippen MR) is 77.7 cm³/mol. The van der Waals surface area contributed by atoms with E-state index < -0.39 is 0 Å². The summed E-state index contributed by atoms with van der Waals surface area (Å²) in [5, 5.41) is 7.62. The third-order valence-electron chi connectivity index (χ3n) is 4.71. The monoisotopic (exact) mass is 278 g/mol. The number of hydrogen-bond donors (Lipinski definition) is 1. The van der Waals surface area contributed by atoms with Gasteiger partial charge in [0.15, 0.2) is 5.82 Å². The maximum absolute atomic E-state index is 5.50. The maximum Gasteiger partial charge on any atom is 0.228 e. The molecule has 2 fully saturated rings. The number of rotatable bonds is 4. The molecule has 0 radical (unpaired) electrons. The summed E-state index contributed by atoms with van der Waals surface area (Å²) in [6, 6.07) is 0.589. The van der Waals surface area contributed by atoms with Crippen LogP contribution in [-0.4, -0.2) is 47.3 Å². The average molecular weight is 278 g/mol. The van der Waals surface area contributed by atoms with Crippen molar-refractivity contribution in [2.45, 2.75) is 57.4 Å². The van der Waals surface area contributed by atoms with Crippen LogP contribution in [0.3, 0.4) is 0 Å². The first-order valence-electron chi connectivity index (χ1n) is 8.14. The summed E-state index contributed by atoms with van der Waals surface area (Å²) < 4.78 is 5.50. The van der Waals surface area contributed by atoms with Crippen molar-refractivity contribution in [2.75, 3.05) is 26.2 Å². The van der Waals surface area contributed by atoms with E-state index in [0.717, 1.165) is 37.8 Å². The van der Waals surface area contributed by atoms with Crippen molar-refractivity contribution in [3.05, 3.63) is 11.7 Å². The quantitative estimate of drug-likeness (QED) is 0.912. The number of nitrogens with one attached hydrogen (secondary N) is 1. The van der Waals surface area contributed by atoms with Gasteiger partial charge < -0.3 is 14.7 Å². The minimum Gasteiger partial charge on any atom is -0.339 e. The molecular formula is C15H26N4O. The molecule has 5 heteroatoms. The topological polar surface area (TPSA) is 54.2 Å². The van der Waals surface area contributed by atoms with Gasteiger partial charge in [-0.25, -0.2) is 0 Å². The summed E-state index contributed by atoms with van der Waals surface area (Å²) >= 11 is 0. The van der Waals surface area contributed by atoms with Gasteiger partial charge in [0.25, 0.3) is 0 Å². The molecule has 3 rings (SSSR count). The Balaban J connectivity index is 1.61. The van der Waals surface area contributed by atoms with Crippen LogP contribution < -0.4 is 5.32 Å². The number of aromatic nitrogens is 2. The lowest BCUT2D eigenvalue weighted by molar-refractivity contribution is 0.146. The summed E-state index contributed by atoms with van der Waals surface area (Å²) in [6.45, 7) is 6.69. The largest absolute Gasteiger partial charge is 0.339 e. The zero-order valence-corrected chi connectivity index (χ0v) is 12.5. The number of likely N-dealkylation sites (N-methyl/N-ethyl adjacent to an activating group) is 1. The van der Waals surface area contributed by atoms with Crippen molar-refractivity contribution < 1.29 is 4.52 Å². The summed E-state index contributed by atoms with van der Waals surface area (Å²) in [5.74, 6) is 2.18. The van der Waals surface area contributed by atoms with Gasteiger partial charge in [0.05, 0.1) is 0 Å². The molecule has 1 aromatic rings. The van der Waals surface area contributed by atoms with E-state index in [4.69, 9.17) is 4.52 Å². The van der Waals surface area contributed by atoms with Crippen molar-refractivity contribution in [1.82, 2.24) is 20.4 Å². The highest BCUT2D eigenvalue weighted by atomic mass is 16.5. The third kappa shape index (κ3) is 3.20. The van der Waals surface area contributed by atoms with Crippen LogP contribution in [0.5, 0.6) is 0 Å². The van der Waals surface area contributed by atoms with Crippen LogP contribution in [0.2, 0.25) is 0 Å². The van der Waals surface area contributed by atoms with Gasteiger partial charge in [-0.1, -0.05) is 18.5 Å². The molecule has 0 aliphatic carbocycles. The molecule has 3 heterocycles. The lowest BCUT2D eigenvalue weighted by atomic mass is 9.98. The average Bonchev–Trinajstić information content (AvgIpc) is 2.97. The van der Waals surface area contributed by atoms with Crippen molar-refractivity contribution in [3.63, 3.8) is 0 Å². The first kappa shape index (κ1) is 14.0. The molecule has 20 heavy (non-hydrogen) atoms. The third-order valence-corrected chi connectivity index (χ3v) is 4.71. The molecule has 2 aliphatic rings. The van der Waals surface area contributed by atoms with Gasteiger partial charge in [-0.15, -0.1) is 0 Å². The molecule has 0 amide bonds. The number of nitrogens with zero attached hydrogens (tertiary/aromatic N) is 3. The lowest BCUT2D eigenvalue weighted by Gasteiger charge is -2.33. The van der Waals surface area contributed by atoms with E-state index in [9.17, 15) is 0 Å². The van der Waals surface area contributed by atoms with Gasteiger partial charge in [-0.3, -0.25) is 0 Å². The SMILES string of the molecule is CCN1CCCCC1Cc1nc(C2CCCNC2)no1. The molecule has 112 valence electrons. The Morgan fingerprint density at radius 1 is 1.30 bits per heavy atom. The number of piperidine rings is 2. The summed E-state index contributed by atoms with van der Waals surface area (Å²) in [5.41, 5.74) is 0. The second-order valence-electron chi connectivity index (χ2n) is 6.07. The molecule has 2 aliphatic heterocycles. The Hall–Kier alpha value is -0.940. The Labute approximate surface area is 121 Å².